The highest BCUT2D eigenvalue weighted by atomic mass is 28.4. The van der Waals surface area contributed by atoms with Crippen LogP contribution in [0.1, 0.15) is 38.3 Å². The minimum atomic E-state index is -2.11. The van der Waals surface area contributed by atoms with Gasteiger partial charge in [0.25, 0.3) is 0 Å². The van der Waals surface area contributed by atoms with Gasteiger partial charge in [0.05, 0.1) is 12.7 Å². The van der Waals surface area contributed by atoms with Crippen molar-refractivity contribution in [2.45, 2.75) is 64.1 Å². The van der Waals surface area contributed by atoms with Crippen LogP contribution >= 0.6 is 0 Å². The van der Waals surface area contributed by atoms with Crippen LogP contribution in [0.3, 0.4) is 0 Å². The van der Waals surface area contributed by atoms with Gasteiger partial charge in [-0.3, -0.25) is 4.79 Å². The summed E-state index contributed by atoms with van der Waals surface area (Å²) in [5, 5.41) is 0.0228. The first-order chi connectivity index (χ1) is 15.1. The Labute approximate surface area is 191 Å². The molecule has 170 valence electrons. The molecule has 0 bridgehead atoms. The second-order valence-electron chi connectivity index (χ2n) is 9.96. The van der Waals surface area contributed by atoms with E-state index in [-0.39, 0.29) is 23.7 Å². The second kappa shape index (κ2) is 8.85. The maximum absolute atomic E-state index is 13.1. The van der Waals surface area contributed by atoms with Gasteiger partial charge in [-0.25, -0.2) is 0 Å². The Morgan fingerprint density at radius 2 is 1.72 bits per heavy atom. The lowest BCUT2D eigenvalue weighted by atomic mass is 9.88. The topological polar surface area (TPSA) is 54.0 Å². The molecule has 4 rings (SSSR count). The van der Waals surface area contributed by atoms with Crippen molar-refractivity contribution in [2.75, 3.05) is 6.79 Å². The molecular formula is C26H32O5Si. The fourth-order valence-electron chi connectivity index (χ4n) is 3.69. The van der Waals surface area contributed by atoms with Gasteiger partial charge < -0.3 is 18.6 Å². The smallest absolute Gasteiger partial charge is 0.231 e. The maximum Gasteiger partial charge on any atom is 0.231 e. The third kappa shape index (κ3) is 4.82. The summed E-state index contributed by atoms with van der Waals surface area (Å²) in [7, 11) is -2.11. The van der Waals surface area contributed by atoms with Crippen LogP contribution in [-0.2, 0) is 20.6 Å². The standard InChI is InChI=1S/C26H32O5Si/c1-26(2,3)32(4,5)31-24-15-23(28-16-18-9-7-6-8-10-18)20(14-21(24)27)19-11-12-22-25(13-19)30-17-29-22/h6-14,23-24H,15-17H2,1-5H3/t23-,24+/m0/s1. The van der Waals surface area contributed by atoms with Crippen molar-refractivity contribution in [3.8, 4) is 11.5 Å². The molecule has 2 aromatic carbocycles. The first-order valence-electron chi connectivity index (χ1n) is 11.1. The van der Waals surface area contributed by atoms with E-state index in [1.165, 1.54) is 0 Å². The van der Waals surface area contributed by atoms with Crippen molar-refractivity contribution >= 4 is 19.7 Å². The number of benzene rings is 2. The molecule has 0 fully saturated rings. The Hall–Kier alpha value is -2.41. The molecule has 0 radical (unpaired) electrons. The Morgan fingerprint density at radius 3 is 2.44 bits per heavy atom. The largest absolute Gasteiger partial charge is 0.454 e. The van der Waals surface area contributed by atoms with E-state index in [2.05, 4.69) is 33.9 Å². The Bertz CT molecular complexity index is 1010. The van der Waals surface area contributed by atoms with Crippen LogP contribution < -0.4 is 9.47 Å². The fourth-order valence-corrected chi connectivity index (χ4v) is 4.97. The van der Waals surface area contributed by atoms with E-state index in [0.29, 0.717) is 18.8 Å². The summed E-state index contributed by atoms with van der Waals surface area (Å²) >= 11 is 0. The van der Waals surface area contributed by atoms with Crippen LogP contribution in [0.4, 0.5) is 0 Å². The molecule has 1 heterocycles. The molecule has 0 unspecified atom stereocenters. The van der Waals surface area contributed by atoms with Crippen LogP contribution in [0.25, 0.3) is 5.57 Å². The lowest BCUT2D eigenvalue weighted by Gasteiger charge is -2.40. The molecule has 0 saturated carbocycles. The van der Waals surface area contributed by atoms with E-state index in [1.54, 1.807) is 6.08 Å². The number of hydrogen-bond acceptors (Lipinski definition) is 5. The van der Waals surface area contributed by atoms with Crippen LogP contribution in [0.15, 0.2) is 54.6 Å². The quantitative estimate of drug-likeness (QED) is 0.523. The fraction of sp³-hybridized carbons (Fsp3) is 0.423. The summed E-state index contributed by atoms with van der Waals surface area (Å²) in [5.41, 5.74) is 2.86. The average molecular weight is 453 g/mol. The van der Waals surface area contributed by atoms with Crippen molar-refractivity contribution in [3.63, 3.8) is 0 Å². The molecule has 0 N–H and O–H groups in total. The molecule has 6 heteroatoms. The normalized spacial score (nSPS) is 20.9. The minimum Gasteiger partial charge on any atom is -0.454 e. The molecule has 0 aromatic heterocycles. The average Bonchev–Trinajstić information content (AvgIpc) is 3.21. The van der Waals surface area contributed by atoms with Gasteiger partial charge in [-0.1, -0.05) is 57.2 Å². The zero-order valence-electron chi connectivity index (χ0n) is 19.5. The number of carbonyl (C=O) groups excluding carboxylic acids is 1. The van der Waals surface area contributed by atoms with Gasteiger partial charge in [0.1, 0.15) is 6.10 Å². The molecule has 2 atom stereocenters. The monoisotopic (exact) mass is 452 g/mol. The highest BCUT2D eigenvalue weighted by molar-refractivity contribution is 6.74. The number of carbonyl (C=O) groups is 1. The highest BCUT2D eigenvalue weighted by Gasteiger charge is 2.42. The zero-order chi connectivity index (χ0) is 22.9. The van der Waals surface area contributed by atoms with Crippen LogP contribution in [0.2, 0.25) is 18.1 Å². The first-order valence-corrected chi connectivity index (χ1v) is 14.0. The third-order valence-electron chi connectivity index (χ3n) is 6.63. The number of ketones is 1. The van der Waals surface area contributed by atoms with Crippen LogP contribution in [0.5, 0.6) is 11.5 Å². The second-order valence-corrected chi connectivity index (χ2v) is 14.7. The summed E-state index contributed by atoms with van der Waals surface area (Å²) in [6, 6.07) is 15.8. The lowest BCUT2D eigenvalue weighted by molar-refractivity contribution is -0.123. The van der Waals surface area contributed by atoms with E-state index in [0.717, 1.165) is 22.4 Å². The number of ether oxygens (including phenoxy) is 3. The molecule has 5 nitrogen and oxygen atoms in total. The van der Waals surface area contributed by atoms with E-state index in [4.69, 9.17) is 18.6 Å². The van der Waals surface area contributed by atoms with Gasteiger partial charge in [-0.05, 0) is 53.0 Å². The molecule has 0 saturated heterocycles. The van der Waals surface area contributed by atoms with Crippen LogP contribution in [0, 0.1) is 0 Å². The summed E-state index contributed by atoms with van der Waals surface area (Å²) in [4.78, 5) is 13.1. The summed E-state index contributed by atoms with van der Waals surface area (Å²) < 4.78 is 23.9. The minimum absolute atomic E-state index is 0.00190. The maximum atomic E-state index is 13.1. The molecular weight excluding hydrogens is 420 g/mol. The predicted molar refractivity (Wildman–Crippen MR) is 127 cm³/mol. The Balaban J connectivity index is 1.62. The van der Waals surface area contributed by atoms with Gasteiger partial charge in [-0.2, -0.15) is 0 Å². The molecule has 2 aromatic rings. The summed E-state index contributed by atoms with van der Waals surface area (Å²) in [6.07, 6.45) is 1.45. The van der Waals surface area contributed by atoms with Crippen molar-refractivity contribution in [1.82, 2.24) is 0 Å². The number of fused-ring (bicyclic) bond motifs is 1. The van der Waals surface area contributed by atoms with Crippen molar-refractivity contribution in [1.29, 1.82) is 0 Å². The van der Waals surface area contributed by atoms with E-state index < -0.39 is 14.4 Å². The molecule has 32 heavy (non-hydrogen) atoms. The highest BCUT2D eigenvalue weighted by Crippen LogP contribution is 2.41. The first kappa shape index (κ1) is 22.8. The SMILES string of the molecule is CC(C)(C)[Si](C)(C)O[C@@H]1C[C@H](OCc2ccccc2)C(c2ccc3c(c2)OCO3)=CC1=O. The lowest BCUT2D eigenvalue weighted by Crippen LogP contribution is -2.48. The van der Waals surface area contributed by atoms with Gasteiger partial charge in [0.2, 0.25) is 6.79 Å². The molecule has 1 aliphatic carbocycles. The Kier molecular flexibility index (Phi) is 6.30. The van der Waals surface area contributed by atoms with Crippen molar-refractivity contribution in [3.05, 3.63) is 65.7 Å². The molecule has 0 amide bonds. The van der Waals surface area contributed by atoms with E-state index >= 15 is 0 Å². The molecule has 2 aliphatic rings. The van der Waals surface area contributed by atoms with Crippen LogP contribution in [-0.4, -0.2) is 33.1 Å². The van der Waals surface area contributed by atoms with Gasteiger partial charge in [-0.15, -0.1) is 0 Å². The van der Waals surface area contributed by atoms with Gasteiger partial charge in [0, 0.05) is 6.42 Å². The Morgan fingerprint density at radius 1 is 1.00 bits per heavy atom. The predicted octanol–water partition coefficient (Wildman–Crippen LogP) is 5.75. The van der Waals surface area contributed by atoms with E-state index in [9.17, 15) is 4.79 Å². The summed E-state index contributed by atoms with van der Waals surface area (Å²) in [6.45, 7) is 11.6. The molecule has 1 aliphatic heterocycles. The number of rotatable bonds is 6. The summed E-state index contributed by atoms with van der Waals surface area (Å²) in [5.74, 6) is 1.41. The van der Waals surface area contributed by atoms with Crippen molar-refractivity contribution in [2.24, 2.45) is 0 Å². The van der Waals surface area contributed by atoms with Gasteiger partial charge >= 0.3 is 0 Å². The zero-order valence-corrected chi connectivity index (χ0v) is 20.5. The number of hydrogen-bond donors (Lipinski definition) is 0. The van der Waals surface area contributed by atoms with E-state index in [1.807, 2.05) is 48.5 Å². The van der Waals surface area contributed by atoms with Crippen molar-refractivity contribution < 1.29 is 23.4 Å². The van der Waals surface area contributed by atoms with Gasteiger partial charge in [0.15, 0.2) is 25.6 Å². The third-order valence-corrected chi connectivity index (χ3v) is 11.1. The molecule has 0 spiro atoms.